The Morgan fingerprint density at radius 1 is 0.773 bits per heavy atom. The third-order valence-corrected chi connectivity index (χ3v) is 12.3. The summed E-state index contributed by atoms with van der Waals surface area (Å²) < 4.78 is 0. The topological polar surface area (TPSA) is 476 Å². The molecule has 1 fully saturated rings. The smallest absolute Gasteiger partial charge is 0.352 e. The Balaban J connectivity index is 2.28. The number of hydrogen-bond acceptors (Lipinski definition) is 16. The van der Waals surface area contributed by atoms with Crippen LogP contribution in [0.1, 0.15) is 94.2 Å². The average molecular weight is 1060 g/mol. The van der Waals surface area contributed by atoms with E-state index in [0.717, 1.165) is 11.1 Å². The van der Waals surface area contributed by atoms with Crippen LogP contribution in [0.25, 0.3) is 0 Å². The molecular formula is C48H82N16O11. The van der Waals surface area contributed by atoms with E-state index in [2.05, 4.69) is 42.2 Å². The minimum atomic E-state index is -1.56. The van der Waals surface area contributed by atoms with Crippen LogP contribution in [0.2, 0.25) is 0 Å². The highest BCUT2D eigenvalue weighted by Gasteiger charge is 2.40. The lowest BCUT2D eigenvalue weighted by atomic mass is 9.98. The number of likely N-dealkylation sites (tertiary alicyclic amines) is 1. The van der Waals surface area contributed by atoms with Gasteiger partial charge in [0.25, 0.3) is 0 Å². The first-order chi connectivity index (χ1) is 35.6. The molecule has 0 aliphatic carbocycles. The molecule has 0 unspecified atom stereocenters. The van der Waals surface area contributed by atoms with E-state index in [1.165, 1.54) is 17.9 Å². The number of carbonyl (C=O) groups excluding carboxylic acids is 8. The number of aliphatic hydroxyl groups excluding tert-OH is 1. The molecule has 1 heterocycles. The van der Waals surface area contributed by atoms with Crippen molar-refractivity contribution >= 4 is 59.2 Å². The Morgan fingerprint density at radius 3 is 2.04 bits per heavy atom. The normalized spacial score (nSPS) is 16.1. The van der Waals surface area contributed by atoms with Gasteiger partial charge in [0.15, 0.2) is 5.96 Å². The van der Waals surface area contributed by atoms with Crippen LogP contribution in [0.4, 0.5) is 0 Å². The second-order valence-electron chi connectivity index (χ2n) is 18.4. The molecule has 23 N–H and O–H groups in total. The first-order valence-electron chi connectivity index (χ1n) is 25.3. The number of aryl methyl sites for hydroxylation is 2. The quantitative estimate of drug-likeness (QED) is 0.0133. The number of carboxylic acids is 1. The van der Waals surface area contributed by atoms with Crippen molar-refractivity contribution in [2.24, 2.45) is 45.1 Å². The lowest BCUT2D eigenvalue weighted by Crippen LogP contribution is -2.60. The lowest BCUT2D eigenvalue weighted by Gasteiger charge is -2.30. The number of aliphatic imine (C=N–C) groups is 1. The number of rotatable bonds is 34. The first-order valence-corrected chi connectivity index (χ1v) is 25.3. The molecule has 420 valence electrons. The van der Waals surface area contributed by atoms with Crippen LogP contribution < -0.4 is 77.4 Å². The maximum atomic E-state index is 14.3. The number of hydrogen-bond donors (Lipinski definition) is 16. The van der Waals surface area contributed by atoms with E-state index in [9.17, 15) is 53.4 Å². The summed E-state index contributed by atoms with van der Waals surface area (Å²) in [5.41, 5.74) is 41.2. The van der Waals surface area contributed by atoms with E-state index in [1.54, 1.807) is 6.07 Å². The highest BCUT2D eigenvalue weighted by Crippen LogP contribution is 2.21. The lowest BCUT2D eigenvalue weighted by molar-refractivity contribution is -0.142. The zero-order chi connectivity index (χ0) is 56.2. The van der Waals surface area contributed by atoms with Gasteiger partial charge in [0.2, 0.25) is 47.3 Å². The average Bonchev–Trinajstić information content (AvgIpc) is 3.87. The van der Waals surface area contributed by atoms with E-state index in [1.807, 2.05) is 26.0 Å². The number of nitrogens with two attached hydrogens (primary N) is 7. The van der Waals surface area contributed by atoms with Crippen molar-refractivity contribution in [3.05, 3.63) is 46.7 Å². The third-order valence-electron chi connectivity index (χ3n) is 12.3. The van der Waals surface area contributed by atoms with Crippen molar-refractivity contribution in [3.8, 4) is 0 Å². The Labute approximate surface area is 437 Å². The molecule has 0 aromatic heterocycles. The summed E-state index contributed by atoms with van der Waals surface area (Å²) in [6, 6.07) is -3.18. The van der Waals surface area contributed by atoms with Crippen LogP contribution in [-0.2, 0) is 49.6 Å². The Kier molecular flexibility index (Phi) is 29.1. The summed E-state index contributed by atoms with van der Waals surface area (Å²) in [5, 5.41) is 37.9. The molecule has 27 nitrogen and oxygen atoms in total. The van der Waals surface area contributed by atoms with Gasteiger partial charge in [-0.1, -0.05) is 36.3 Å². The van der Waals surface area contributed by atoms with Crippen LogP contribution in [0.3, 0.4) is 0 Å². The fourth-order valence-electron chi connectivity index (χ4n) is 8.01. The zero-order valence-electron chi connectivity index (χ0n) is 43.4. The first kappa shape index (κ1) is 64.3. The second kappa shape index (κ2) is 33.9. The van der Waals surface area contributed by atoms with E-state index in [0.29, 0.717) is 44.2 Å². The molecule has 8 atom stereocenters. The predicted molar refractivity (Wildman–Crippen MR) is 279 cm³/mol. The molecule has 1 aromatic carbocycles. The highest BCUT2D eigenvalue weighted by atomic mass is 16.4. The number of nitrogens with zero attached hydrogens (tertiary/aromatic N) is 2. The maximum Gasteiger partial charge on any atom is 0.352 e. The van der Waals surface area contributed by atoms with Gasteiger partial charge in [-0.2, -0.15) is 0 Å². The van der Waals surface area contributed by atoms with Crippen LogP contribution in [0.5, 0.6) is 0 Å². The molecule has 1 aliphatic heterocycles. The number of aliphatic hydroxyl groups is 1. The summed E-state index contributed by atoms with van der Waals surface area (Å²) in [4.78, 5) is 126. The summed E-state index contributed by atoms with van der Waals surface area (Å²) >= 11 is 0. The van der Waals surface area contributed by atoms with Gasteiger partial charge in [-0.25, -0.2) is 4.79 Å². The fourth-order valence-corrected chi connectivity index (χ4v) is 8.01. The fraction of sp³-hybridized carbons (Fsp3) is 0.625. The van der Waals surface area contributed by atoms with Crippen molar-refractivity contribution in [1.82, 2.24) is 42.1 Å². The van der Waals surface area contributed by atoms with Gasteiger partial charge in [0, 0.05) is 26.1 Å². The molecule has 8 amide bonds. The van der Waals surface area contributed by atoms with Crippen molar-refractivity contribution in [1.29, 1.82) is 0 Å². The van der Waals surface area contributed by atoms with Gasteiger partial charge in [-0.3, -0.25) is 43.3 Å². The summed E-state index contributed by atoms with van der Waals surface area (Å²) in [6.07, 6.45) is 3.01. The third kappa shape index (κ3) is 22.7. The summed E-state index contributed by atoms with van der Waals surface area (Å²) in [6.45, 7) is 4.96. The number of unbranched alkanes of at least 4 members (excludes halogenated alkanes) is 2. The summed E-state index contributed by atoms with van der Waals surface area (Å²) in [5.74, 6) is -7.85. The number of guanidine groups is 1. The molecule has 2 rings (SSSR count). The standard InChI is InChI=1S/C48H82N16O11/c1-27-16-17-30(28(2)23-27)24-35(43(70)60-32(12-5-7-19-50)42(69)61-34(47(74)75)14-9-21-56-48(54)55)62-44(71)36-15-10-22-64(36)46(73)33(13-8-20-51)59-38(66)26-57-40(67)29(3)58-45(72)39(37(65)25-52)63-41(68)31(53)11-4-6-18-49/h14,16-17,23,29,31-33,35-37,39,65H,4-13,15,18-22,24-26,49-53H2,1-3H3,(H,57,67)(H,58,72)(H,59,66)(H,60,70)(H,61,69)(H,62,71)(H,63,68)(H,74,75)(H4,54,55,56)/b34-14-/t29-,31-,32-,33+,35-,36-,37-,39-/m0/s1. The Morgan fingerprint density at radius 2 is 1.43 bits per heavy atom. The molecule has 75 heavy (non-hydrogen) atoms. The van der Waals surface area contributed by atoms with Gasteiger partial charge in [0.05, 0.1) is 18.7 Å². The minimum absolute atomic E-state index is 0.0345. The molecule has 0 radical (unpaired) electrons. The van der Waals surface area contributed by atoms with Gasteiger partial charge in [0.1, 0.15) is 41.9 Å². The van der Waals surface area contributed by atoms with E-state index >= 15 is 0 Å². The van der Waals surface area contributed by atoms with E-state index < -0.39 is 120 Å². The predicted octanol–water partition coefficient (Wildman–Crippen LogP) is -5.21. The van der Waals surface area contributed by atoms with Crippen LogP contribution in [0, 0.1) is 13.8 Å². The monoisotopic (exact) mass is 1060 g/mol. The van der Waals surface area contributed by atoms with Crippen molar-refractivity contribution in [2.75, 3.05) is 45.8 Å². The summed E-state index contributed by atoms with van der Waals surface area (Å²) in [7, 11) is 0. The van der Waals surface area contributed by atoms with Crippen molar-refractivity contribution in [3.63, 3.8) is 0 Å². The van der Waals surface area contributed by atoms with Gasteiger partial charge in [-0.05, 0) is 116 Å². The molecule has 0 saturated carbocycles. The molecule has 1 saturated heterocycles. The number of amides is 8. The minimum Gasteiger partial charge on any atom is -0.477 e. The molecule has 0 bridgehead atoms. The number of aliphatic carboxylic acids is 1. The number of carbonyl (C=O) groups is 9. The molecule has 1 aromatic rings. The zero-order valence-corrected chi connectivity index (χ0v) is 43.4. The largest absolute Gasteiger partial charge is 0.477 e. The molecule has 1 aliphatic rings. The second-order valence-corrected chi connectivity index (χ2v) is 18.4. The number of carboxylic acid groups (broad SMARTS) is 1. The van der Waals surface area contributed by atoms with Gasteiger partial charge in [-0.15, -0.1) is 0 Å². The van der Waals surface area contributed by atoms with Crippen LogP contribution in [0.15, 0.2) is 35.0 Å². The SMILES string of the molecule is Cc1ccc(C[C@H](NC(=O)[C@@H]2CCCN2C(=O)[C@@H](CCCN)NC(=O)CNC(=O)[C@H](C)NC(=O)[C@@H](NC(=O)[C@@H](N)CCCCN)[C@@H](O)CN)C(=O)N[C@@H](CCCCN)C(=O)N/C(=C\CCN=C(N)N)C(=O)O)c(C)c1. The number of benzene rings is 1. The maximum absolute atomic E-state index is 14.3. The molecule has 27 heteroatoms. The molecular weight excluding hydrogens is 977 g/mol. The van der Waals surface area contributed by atoms with Crippen molar-refractivity contribution in [2.45, 2.75) is 146 Å². The molecule has 0 spiro atoms. The van der Waals surface area contributed by atoms with E-state index in [4.69, 9.17) is 40.1 Å². The Bertz CT molecular complexity index is 2160. The number of nitrogens with one attached hydrogen (secondary N) is 7. The highest BCUT2D eigenvalue weighted by molar-refractivity contribution is 5.99. The van der Waals surface area contributed by atoms with Gasteiger partial charge >= 0.3 is 5.97 Å². The van der Waals surface area contributed by atoms with Gasteiger partial charge < -0.3 is 92.5 Å². The Hall–Kier alpha value is -6.78. The van der Waals surface area contributed by atoms with Crippen LogP contribution in [-0.4, -0.2) is 169 Å². The van der Waals surface area contributed by atoms with Crippen molar-refractivity contribution < 1.29 is 53.4 Å². The van der Waals surface area contributed by atoms with E-state index in [-0.39, 0.29) is 77.1 Å². The van der Waals surface area contributed by atoms with Crippen LogP contribution >= 0.6 is 0 Å².